The van der Waals surface area contributed by atoms with Crippen LogP contribution in [0.25, 0.3) is 0 Å². The van der Waals surface area contributed by atoms with Crippen LogP contribution >= 0.6 is 0 Å². The molecule has 2 rings (SSSR count). The van der Waals surface area contributed by atoms with Crippen LogP contribution in [0.2, 0.25) is 0 Å². The minimum Gasteiger partial charge on any atom is -0.481 e. The largest absolute Gasteiger partial charge is 0.481 e. The first-order valence-electron chi connectivity index (χ1n) is 6.47. The van der Waals surface area contributed by atoms with Crippen molar-refractivity contribution < 1.29 is 23.4 Å². The van der Waals surface area contributed by atoms with Crippen molar-refractivity contribution in [3.8, 4) is 5.75 Å². The van der Waals surface area contributed by atoms with Gasteiger partial charge in [-0.3, -0.25) is 4.79 Å². The molecule has 7 nitrogen and oxygen atoms in total. The average Bonchev–Trinajstić information content (AvgIpc) is 2.82. The zero-order valence-electron chi connectivity index (χ0n) is 11.7. The van der Waals surface area contributed by atoms with E-state index in [1.165, 1.54) is 16.9 Å². The van der Waals surface area contributed by atoms with E-state index in [1.54, 1.807) is 13.0 Å². The molecule has 0 bridgehead atoms. The van der Waals surface area contributed by atoms with Gasteiger partial charge >= 0.3 is 12.6 Å². The quantitative estimate of drug-likeness (QED) is 0.836. The summed E-state index contributed by atoms with van der Waals surface area (Å²) in [6, 6.07) is 4.38. The maximum Gasteiger partial charge on any atom is 0.387 e. The van der Waals surface area contributed by atoms with Gasteiger partial charge in [0.2, 0.25) is 0 Å². The van der Waals surface area contributed by atoms with E-state index in [1.807, 2.05) is 0 Å². The number of carbonyl (C=O) groups is 1. The Morgan fingerprint density at radius 2 is 2.18 bits per heavy atom. The Kier molecular flexibility index (Phi) is 4.97. The third kappa shape index (κ3) is 4.47. The van der Waals surface area contributed by atoms with Crippen molar-refractivity contribution in [3.05, 3.63) is 35.2 Å². The molecule has 1 heterocycles. The lowest BCUT2D eigenvalue weighted by molar-refractivity contribution is -0.136. The highest BCUT2D eigenvalue weighted by Gasteiger charge is 2.11. The maximum atomic E-state index is 12.3. The van der Waals surface area contributed by atoms with Gasteiger partial charge < -0.3 is 9.84 Å². The molecular formula is C13H14F2N4O3. The number of hydrogen-bond donors (Lipinski definition) is 1. The normalized spacial score (nSPS) is 10.9. The van der Waals surface area contributed by atoms with Crippen molar-refractivity contribution in [2.45, 2.75) is 32.9 Å². The molecule has 1 N–H and O–H groups in total. The van der Waals surface area contributed by atoms with Crippen LogP contribution in [0.5, 0.6) is 5.75 Å². The number of aliphatic carboxylic acids is 1. The zero-order valence-corrected chi connectivity index (χ0v) is 11.7. The summed E-state index contributed by atoms with van der Waals surface area (Å²) in [5, 5.41) is 20.3. The molecule has 1 aromatic carbocycles. The fraction of sp³-hybridized carbons (Fsp3) is 0.385. The lowest BCUT2D eigenvalue weighted by Crippen LogP contribution is -2.09. The SMILES string of the molecule is Cc1nnn(Cc2cc(OC(F)F)ccc2CCC(=O)O)n1. The lowest BCUT2D eigenvalue weighted by Gasteiger charge is -2.11. The number of benzene rings is 1. The van der Waals surface area contributed by atoms with Crippen molar-refractivity contribution in [1.29, 1.82) is 0 Å². The van der Waals surface area contributed by atoms with E-state index in [4.69, 9.17) is 5.11 Å². The second-order valence-corrected chi connectivity index (χ2v) is 4.57. The lowest BCUT2D eigenvalue weighted by atomic mass is 10.0. The van der Waals surface area contributed by atoms with Gasteiger partial charge in [-0.25, -0.2) is 0 Å². The van der Waals surface area contributed by atoms with Crippen LogP contribution in [0.4, 0.5) is 8.78 Å². The van der Waals surface area contributed by atoms with Gasteiger partial charge in [0.25, 0.3) is 0 Å². The highest BCUT2D eigenvalue weighted by Crippen LogP contribution is 2.21. The fourth-order valence-electron chi connectivity index (χ4n) is 1.95. The number of aromatic nitrogens is 4. The Labute approximate surface area is 124 Å². The number of ether oxygens (including phenoxy) is 1. The van der Waals surface area contributed by atoms with Gasteiger partial charge in [-0.05, 0) is 41.8 Å². The van der Waals surface area contributed by atoms with E-state index >= 15 is 0 Å². The standard InChI is InChI=1S/C13H14F2N4O3/c1-8-16-18-19(17-8)7-10-6-11(22-13(14)15)4-2-9(10)3-5-12(20)21/h2,4,6,13H,3,5,7H2,1H3,(H,20,21). The molecule has 0 atom stereocenters. The minimum absolute atomic E-state index is 0.000845. The molecule has 0 amide bonds. The van der Waals surface area contributed by atoms with Crippen LogP contribution in [0.3, 0.4) is 0 Å². The molecule has 118 valence electrons. The maximum absolute atomic E-state index is 12.3. The van der Waals surface area contributed by atoms with Crippen LogP contribution in [0.1, 0.15) is 23.4 Å². The first kappa shape index (κ1) is 15.8. The molecular weight excluding hydrogens is 298 g/mol. The molecule has 0 unspecified atom stereocenters. The van der Waals surface area contributed by atoms with E-state index in [9.17, 15) is 13.6 Å². The summed E-state index contributed by atoms with van der Waals surface area (Å²) >= 11 is 0. The Hall–Kier alpha value is -2.58. The van der Waals surface area contributed by atoms with Crippen molar-refractivity contribution in [3.63, 3.8) is 0 Å². The molecule has 0 radical (unpaired) electrons. The summed E-state index contributed by atoms with van der Waals surface area (Å²) < 4.78 is 29.0. The molecule has 9 heteroatoms. The monoisotopic (exact) mass is 312 g/mol. The van der Waals surface area contributed by atoms with Gasteiger partial charge in [0.15, 0.2) is 5.82 Å². The Morgan fingerprint density at radius 1 is 1.41 bits per heavy atom. The highest BCUT2D eigenvalue weighted by atomic mass is 19.3. The van der Waals surface area contributed by atoms with Crippen molar-refractivity contribution in [2.75, 3.05) is 0 Å². The number of aryl methyl sites for hydroxylation is 2. The van der Waals surface area contributed by atoms with Crippen LogP contribution in [0, 0.1) is 6.92 Å². The zero-order chi connectivity index (χ0) is 16.1. The summed E-state index contributed by atoms with van der Waals surface area (Å²) in [5.74, 6) is -0.457. The van der Waals surface area contributed by atoms with Crippen LogP contribution in [0.15, 0.2) is 18.2 Å². The highest BCUT2D eigenvalue weighted by molar-refractivity contribution is 5.67. The van der Waals surface area contributed by atoms with Gasteiger partial charge in [0.1, 0.15) is 5.75 Å². The number of nitrogens with zero attached hydrogens (tertiary/aromatic N) is 4. The number of tetrazole rings is 1. The van der Waals surface area contributed by atoms with Crippen LogP contribution < -0.4 is 4.74 Å². The predicted octanol–water partition coefficient (Wildman–Crippen LogP) is 1.65. The molecule has 0 saturated carbocycles. The second kappa shape index (κ2) is 6.92. The Balaban J connectivity index is 2.25. The molecule has 0 saturated heterocycles. The van der Waals surface area contributed by atoms with Crippen molar-refractivity contribution in [2.24, 2.45) is 0 Å². The molecule has 1 aromatic heterocycles. The van der Waals surface area contributed by atoms with Gasteiger partial charge in [-0.1, -0.05) is 6.07 Å². The van der Waals surface area contributed by atoms with Crippen molar-refractivity contribution in [1.82, 2.24) is 20.2 Å². The summed E-state index contributed by atoms with van der Waals surface area (Å²) in [5.41, 5.74) is 1.32. The van der Waals surface area contributed by atoms with Gasteiger partial charge in [-0.15, -0.1) is 10.2 Å². The minimum atomic E-state index is -2.93. The number of rotatable bonds is 7. The van der Waals surface area contributed by atoms with E-state index < -0.39 is 12.6 Å². The van der Waals surface area contributed by atoms with Crippen LogP contribution in [-0.2, 0) is 17.8 Å². The summed E-state index contributed by atoms with van der Waals surface area (Å²) in [4.78, 5) is 12.0. The number of carboxylic acid groups (broad SMARTS) is 1. The summed E-state index contributed by atoms with van der Waals surface area (Å²) in [6.45, 7) is -1.06. The third-order valence-corrected chi connectivity index (χ3v) is 2.88. The number of alkyl halides is 2. The number of carboxylic acids is 1. The third-order valence-electron chi connectivity index (χ3n) is 2.88. The van der Waals surface area contributed by atoms with Gasteiger partial charge in [0.05, 0.1) is 6.54 Å². The molecule has 0 aliphatic carbocycles. The van der Waals surface area contributed by atoms with Gasteiger partial charge in [-0.2, -0.15) is 13.6 Å². The first-order chi connectivity index (χ1) is 10.4. The van der Waals surface area contributed by atoms with Crippen molar-refractivity contribution >= 4 is 5.97 Å². The number of halogens is 2. The topological polar surface area (TPSA) is 90.1 Å². The van der Waals surface area contributed by atoms with E-state index in [0.717, 1.165) is 0 Å². The number of hydrogen-bond acceptors (Lipinski definition) is 5. The smallest absolute Gasteiger partial charge is 0.387 e. The Bertz CT molecular complexity index is 660. The summed E-state index contributed by atoms with van der Waals surface area (Å²) in [7, 11) is 0. The van der Waals surface area contributed by atoms with E-state index in [0.29, 0.717) is 17.0 Å². The molecule has 22 heavy (non-hydrogen) atoms. The Morgan fingerprint density at radius 3 is 2.77 bits per heavy atom. The first-order valence-corrected chi connectivity index (χ1v) is 6.47. The molecule has 0 aliphatic heterocycles. The fourth-order valence-corrected chi connectivity index (χ4v) is 1.95. The predicted molar refractivity (Wildman–Crippen MR) is 70.7 cm³/mol. The van der Waals surface area contributed by atoms with E-state index in [-0.39, 0.29) is 25.1 Å². The molecule has 0 spiro atoms. The molecule has 0 fully saturated rings. The van der Waals surface area contributed by atoms with E-state index in [2.05, 4.69) is 20.1 Å². The average molecular weight is 312 g/mol. The molecule has 2 aromatic rings. The molecule has 0 aliphatic rings. The van der Waals surface area contributed by atoms with Gasteiger partial charge in [0, 0.05) is 6.42 Å². The van der Waals surface area contributed by atoms with Crippen LogP contribution in [-0.4, -0.2) is 37.9 Å². The second-order valence-electron chi connectivity index (χ2n) is 4.57. The summed E-state index contributed by atoms with van der Waals surface area (Å²) in [6.07, 6.45) is 0.208.